The Labute approximate surface area is 85.4 Å². The molecule has 70 valence electrons. The van der Waals surface area contributed by atoms with Crippen LogP contribution in [-0.4, -0.2) is 5.97 Å². The first-order chi connectivity index (χ1) is 6.18. The monoisotopic (exact) mass is 218 g/mol. The Morgan fingerprint density at radius 1 is 1.38 bits per heavy atom. The highest BCUT2D eigenvalue weighted by Crippen LogP contribution is 2.19. The third kappa shape index (κ3) is 4.05. The van der Waals surface area contributed by atoms with Gasteiger partial charge in [0, 0.05) is 11.9 Å². The highest BCUT2D eigenvalue weighted by molar-refractivity contribution is 7.90. The molecule has 0 heterocycles. The molecule has 0 aliphatic carbocycles. The van der Waals surface area contributed by atoms with Crippen LogP contribution in [0.1, 0.15) is 6.92 Å². The quantitative estimate of drug-likeness (QED) is 0.731. The molecule has 0 radical (unpaired) electrons. The lowest BCUT2D eigenvalue weighted by atomic mass is 10.3. The smallest absolute Gasteiger partial charge is 0.317 e. The molecule has 0 saturated carbocycles. The van der Waals surface area contributed by atoms with Gasteiger partial charge in [0.15, 0.2) is 0 Å². The van der Waals surface area contributed by atoms with Crippen molar-refractivity contribution in [1.29, 1.82) is 0 Å². The molecule has 0 amide bonds. The van der Waals surface area contributed by atoms with Crippen LogP contribution in [0.25, 0.3) is 0 Å². The average molecular weight is 219 g/mol. The normalized spacial score (nSPS) is 9.38. The minimum absolute atomic E-state index is 0.404. The van der Waals surface area contributed by atoms with E-state index in [0.717, 1.165) is 0 Å². The Morgan fingerprint density at radius 3 is 2.54 bits per heavy atom. The number of carbonyl (C=O) groups is 1. The summed E-state index contributed by atoms with van der Waals surface area (Å²) in [7, 11) is 0. The zero-order chi connectivity index (χ0) is 9.68. The largest absolute Gasteiger partial charge is 0.391 e. The predicted octanol–water partition coefficient (Wildman–Crippen LogP) is 2.85. The van der Waals surface area contributed by atoms with Crippen molar-refractivity contribution in [3.8, 4) is 5.75 Å². The summed E-state index contributed by atoms with van der Waals surface area (Å²) in [6, 6.07) is 6.73. The molecule has 0 aliphatic heterocycles. The molecule has 0 aromatic heterocycles. The molecular formula is C8H7ClO3S. The van der Waals surface area contributed by atoms with Crippen molar-refractivity contribution in [2.24, 2.45) is 0 Å². The first kappa shape index (κ1) is 10.2. The second-order valence-corrected chi connectivity index (χ2v) is 3.09. The van der Waals surface area contributed by atoms with E-state index < -0.39 is 5.97 Å². The molecule has 1 rings (SSSR count). The molecule has 13 heavy (non-hydrogen) atoms. The number of rotatable bonds is 3. The van der Waals surface area contributed by atoms with Gasteiger partial charge in [-0.2, -0.15) is 0 Å². The highest BCUT2D eigenvalue weighted by atomic mass is 35.5. The Balaban J connectivity index is 2.37. The van der Waals surface area contributed by atoms with Crippen molar-refractivity contribution in [1.82, 2.24) is 0 Å². The van der Waals surface area contributed by atoms with Gasteiger partial charge in [-0.15, -0.1) is 0 Å². The lowest BCUT2D eigenvalue weighted by molar-refractivity contribution is -0.130. The fraction of sp³-hybridized carbons (Fsp3) is 0.125. The van der Waals surface area contributed by atoms with E-state index in [9.17, 15) is 4.79 Å². The van der Waals surface area contributed by atoms with Gasteiger partial charge in [0.25, 0.3) is 12.3 Å². The minimum atomic E-state index is -0.404. The van der Waals surface area contributed by atoms with Crippen LogP contribution >= 0.6 is 23.9 Å². The molecule has 0 fully saturated rings. The van der Waals surface area contributed by atoms with E-state index in [0.29, 0.717) is 23.1 Å². The van der Waals surface area contributed by atoms with Gasteiger partial charge in [-0.05, 0) is 24.3 Å². The molecule has 5 heteroatoms. The van der Waals surface area contributed by atoms with Gasteiger partial charge in [-0.1, -0.05) is 11.6 Å². The summed E-state index contributed by atoms with van der Waals surface area (Å²) in [4.78, 5) is 10.3. The Kier molecular flexibility index (Phi) is 3.92. The first-order valence-electron chi connectivity index (χ1n) is 3.46. The van der Waals surface area contributed by atoms with Crippen LogP contribution in [0.4, 0.5) is 0 Å². The van der Waals surface area contributed by atoms with Crippen LogP contribution in [0.3, 0.4) is 0 Å². The molecule has 0 atom stereocenters. The topological polar surface area (TPSA) is 35.5 Å². The summed E-state index contributed by atoms with van der Waals surface area (Å²) in [5, 5.41) is 0.629. The van der Waals surface area contributed by atoms with Crippen LogP contribution in [0.2, 0.25) is 5.02 Å². The number of hydrogen-bond donors (Lipinski definition) is 0. The zero-order valence-electron chi connectivity index (χ0n) is 6.82. The van der Waals surface area contributed by atoms with Crippen molar-refractivity contribution in [2.75, 3.05) is 0 Å². The fourth-order valence-corrected chi connectivity index (χ4v) is 1.04. The maximum Gasteiger partial charge on any atom is 0.317 e. The van der Waals surface area contributed by atoms with Gasteiger partial charge in [0.2, 0.25) is 0 Å². The van der Waals surface area contributed by atoms with E-state index >= 15 is 0 Å². The third-order valence-corrected chi connectivity index (χ3v) is 1.91. The van der Waals surface area contributed by atoms with E-state index in [1.807, 2.05) is 0 Å². The van der Waals surface area contributed by atoms with Crippen molar-refractivity contribution in [2.45, 2.75) is 6.92 Å². The molecule has 1 aromatic rings. The highest BCUT2D eigenvalue weighted by Gasteiger charge is 1.97. The number of hydrogen-bond acceptors (Lipinski definition) is 4. The molecule has 0 aliphatic rings. The zero-order valence-corrected chi connectivity index (χ0v) is 8.39. The fourth-order valence-electron chi connectivity index (χ4n) is 0.594. The SMILES string of the molecule is CC(=O)OSOc1ccc(Cl)cc1. The van der Waals surface area contributed by atoms with Gasteiger partial charge >= 0.3 is 5.97 Å². The van der Waals surface area contributed by atoms with Crippen LogP contribution in [-0.2, 0) is 8.98 Å². The lowest BCUT2D eigenvalue weighted by Crippen LogP contribution is -1.92. The maximum atomic E-state index is 10.3. The lowest BCUT2D eigenvalue weighted by Gasteiger charge is -2.00. The standard InChI is InChI=1S/C8H7ClO3S/c1-6(10)11-13-12-8-4-2-7(9)3-5-8/h2-5H,1H3. The maximum absolute atomic E-state index is 10.3. The van der Waals surface area contributed by atoms with E-state index in [-0.39, 0.29) is 0 Å². The summed E-state index contributed by atoms with van der Waals surface area (Å²) >= 11 is 6.28. The third-order valence-electron chi connectivity index (χ3n) is 1.10. The van der Waals surface area contributed by atoms with Gasteiger partial charge in [-0.3, -0.25) is 4.79 Å². The Hall–Kier alpha value is -0.870. The van der Waals surface area contributed by atoms with Gasteiger partial charge < -0.3 is 8.37 Å². The van der Waals surface area contributed by atoms with Crippen molar-refractivity contribution >= 4 is 29.9 Å². The molecule has 1 aromatic carbocycles. The van der Waals surface area contributed by atoms with Crippen LogP contribution in [0, 0.1) is 0 Å². The summed E-state index contributed by atoms with van der Waals surface area (Å²) in [6.45, 7) is 1.30. The van der Waals surface area contributed by atoms with E-state index in [4.69, 9.17) is 15.8 Å². The summed E-state index contributed by atoms with van der Waals surface area (Å²) in [6.07, 6.45) is 0. The van der Waals surface area contributed by atoms with Gasteiger partial charge in [-0.25, -0.2) is 0 Å². The second kappa shape index (κ2) is 4.99. The molecule has 0 unspecified atom stereocenters. The number of benzene rings is 1. The Bertz CT molecular complexity index is 286. The molecule has 0 saturated heterocycles. The first-order valence-corrected chi connectivity index (χ1v) is 4.50. The van der Waals surface area contributed by atoms with Gasteiger partial charge in [0.1, 0.15) is 5.75 Å². The number of halogens is 1. The molecule has 0 N–H and O–H groups in total. The van der Waals surface area contributed by atoms with Crippen molar-refractivity contribution in [3.63, 3.8) is 0 Å². The van der Waals surface area contributed by atoms with E-state index in [2.05, 4.69) is 4.18 Å². The molecule has 3 nitrogen and oxygen atoms in total. The second-order valence-electron chi connectivity index (χ2n) is 2.18. The van der Waals surface area contributed by atoms with E-state index in [1.54, 1.807) is 24.3 Å². The molecule has 0 spiro atoms. The van der Waals surface area contributed by atoms with E-state index in [1.165, 1.54) is 6.92 Å². The van der Waals surface area contributed by atoms with Crippen molar-refractivity contribution < 1.29 is 13.2 Å². The van der Waals surface area contributed by atoms with Crippen LogP contribution in [0.15, 0.2) is 24.3 Å². The molecular weight excluding hydrogens is 212 g/mol. The van der Waals surface area contributed by atoms with Crippen LogP contribution in [0.5, 0.6) is 5.75 Å². The summed E-state index contributed by atoms with van der Waals surface area (Å²) in [5.74, 6) is 0.176. The van der Waals surface area contributed by atoms with Crippen LogP contribution < -0.4 is 4.18 Å². The summed E-state index contributed by atoms with van der Waals surface area (Å²) < 4.78 is 9.49. The molecule has 0 bridgehead atoms. The summed E-state index contributed by atoms with van der Waals surface area (Å²) in [5.41, 5.74) is 0. The average Bonchev–Trinajstić information content (AvgIpc) is 2.08. The Morgan fingerprint density at radius 2 is 2.00 bits per heavy atom. The predicted molar refractivity (Wildman–Crippen MR) is 51.4 cm³/mol. The van der Waals surface area contributed by atoms with Gasteiger partial charge in [0.05, 0.1) is 0 Å². The number of carbonyl (C=O) groups excluding carboxylic acids is 1. The van der Waals surface area contributed by atoms with Crippen molar-refractivity contribution in [3.05, 3.63) is 29.3 Å². The minimum Gasteiger partial charge on any atom is -0.391 e.